The smallest absolute Gasteiger partial charge is 0.258 e. The van der Waals surface area contributed by atoms with Crippen molar-refractivity contribution in [2.45, 2.75) is 19.4 Å². The van der Waals surface area contributed by atoms with Gasteiger partial charge in [0.2, 0.25) is 0 Å². The summed E-state index contributed by atoms with van der Waals surface area (Å²) in [5.74, 6) is -0.728. The van der Waals surface area contributed by atoms with E-state index in [-0.39, 0.29) is 17.5 Å². The maximum absolute atomic E-state index is 14.4. The number of halogens is 2. The first kappa shape index (κ1) is 21.6. The van der Waals surface area contributed by atoms with Crippen molar-refractivity contribution in [2.24, 2.45) is 0 Å². The number of amides is 2. The first-order valence-corrected chi connectivity index (χ1v) is 10.6. The molecule has 2 aliphatic heterocycles. The molecule has 1 fully saturated rings. The molecule has 2 amide bonds. The molecule has 0 radical (unpaired) electrons. The number of ether oxygens (including phenoxy) is 1. The summed E-state index contributed by atoms with van der Waals surface area (Å²) < 4.78 is 20.4. The van der Waals surface area contributed by atoms with Gasteiger partial charge in [0.05, 0.1) is 22.2 Å². The minimum atomic E-state index is -0.588. The number of benzene rings is 2. The highest BCUT2D eigenvalue weighted by Gasteiger charge is 2.36. The molecule has 4 rings (SSSR count). The van der Waals surface area contributed by atoms with Gasteiger partial charge in [-0.1, -0.05) is 17.7 Å². The van der Waals surface area contributed by atoms with Crippen molar-refractivity contribution in [1.82, 2.24) is 15.1 Å². The Balaban J connectivity index is 1.68. The summed E-state index contributed by atoms with van der Waals surface area (Å²) in [5.41, 5.74) is 2.73. The average molecular weight is 446 g/mol. The first-order chi connectivity index (χ1) is 14.8. The van der Waals surface area contributed by atoms with Crippen LogP contribution in [-0.4, -0.2) is 68.0 Å². The second-order valence-corrected chi connectivity index (χ2v) is 8.53. The van der Waals surface area contributed by atoms with E-state index in [2.05, 4.69) is 10.2 Å². The van der Waals surface area contributed by atoms with E-state index < -0.39 is 11.7 Å². The van der Waals surface area contributed by atoms with Crippen molar-refractivity contribution in [1.29, 1.82) is 0 Å². The number of piperazine rings is 1. The topological polar surface area (TPSA) is 61.9 Å². The van der Waals surface area contributed by atoms with Gasteiger partial charge in [0.15, 0.2) is 5.75 Å². The fraction of sp³-hybridized carbons (Fsp3) is 0.391. The minimum absolute atomic E-state index is 0.00683. The molecule has 0 saturated carbocycles. The second kappa shape index (κ2) is 8.48. The third kappa shape index (κ3) is 4.00. The lowest BCUT2D eigenvalue weighted by Crippen LogP contribution is -2.55. The standard InChI is InChI=1S/C23H25ClFN3O3/c1-13-15(8-14-4-5-17(19(25)9-14)22(29)26-2)10-18-21(20(13)24)31-12-16-11-27(3)6-7-28(16)23(18)30/h4-5,9-10,16H,6-8,11-12H2,1-3H3,(H,26,29)/t16-/m1/s1. The van der Waals surface area contributed by atoms with Crippen molar-refractivity contribution in [3.63, 3.8) is 0 Å². The number of rotatable bonds is 3. The van der Waals surface area contributed by atoms with Crippen molar-refractivity contribution >= 4 is 23.4 Å². The van der Waals surface area contributed by atoms with E-state index in [1.807, 2.05) is 24.9 Å². The lowest BCUT2D eigenvalue weighted by molar-refractivity contribution is 0.0442. The summed E-state index contributed by atoms with van der Waals surface area (Å²) in [6, 6.07) is 6.31. The van der Waals surface area contributed by atoms with Gasteiger partial charge < -0.3 is 19.9 Å². The molecule has 0 aromatic heterocycles. The number of carbonyl (C=O) groups is 2. The number of nitrogens with one attached hydrogen (secondary N) is 1. The monoisotopic (exact) mass is 445 g/mol. The molecule has 2 aliphatic rings. The Morgan fingerprint density at radius 1 is 1.32 bits per heavy atom. The molecule has 2 heterocycles. The van der Waals surface area contributed by atoms with Gasteiger partial charge >= 0.3 is 0 Å². The lowest BCUT2D eigenvalue weighted by atomic mass is 9.96. The predicted molar refractivity (Wildman–Crippen MR) is 117 cm³/mol. The Kier molecular flexibility index (Phi) is 5.90. The molecule has 0 aliphatic carbocycles. The third-order valence-corrected chi connectivity index (χ3v) is 6.53. The normalized spacial score (nSPS) is 18.7. The Bertz CT molecular complexity index is 1060. The van der Waals surface area contributed by atoms with Crippen LogP contribution in [0.4, 0.5) is 4.39 Å². The fourth-order valence-electron chi connectivity index (χ4n) is 4.22. The molecule has 0 unspecified atom stereocenters. The van der Waals surface area contributed by atoms with Crippen LogP contribution in [-0.2, 0) is 6.42 Å². The molecule has 2 aromatic carbocycles. The molecule has 1 saturated heterocycles. The van der Waals surface area contributed by atoms with Crippen molar-refractivity contribution in [2.75, 3.05) is 40.3 Å². The zero-order valence-electron chi connectivity index (χ0n) is 17.8. The number of hydrogen-bond donors (Lipinski definition) is 1. The SMILES string of the molecule is CNC(=O)c1ccc(Cc2cc3c(c(Cl)c2C)OC[C@H]2CN(C)CCN2C3=O)cc1F. The highest BCUT2D eigenvalue weighted by Crippen LogP contribution is 2.38. The summed E-state index contributed by atoms with van der Waals surface area (Å²) in [6.07, 6.45) is 0.378. The highest BCUT2D eigenvalue weighted by molar-refractivity contribution is 6.33. The maximum Gasteiger partial charge on any atom is 0.258 e. The summed E-state index contributed by atoms with van der Waals surface area (Å²) in [6.45, 7) is 4.46. The lowest BCUT2D eigenvalue weighted by Gasteiger charge is -2.38. The second-order valence-electron chi connectivity index (χ2n) is 8.15. The highest BCUT2D eigenvalue weighted by atomic mass is 35.5. The van der Waals surface area contributed by atoms with Gasteiger partial charge in [-0.25, -0.2) is 4.39 Å². The van der Waals surface area contributed by atoms with E-state index in [4.69, 9.17) is 16.3 Å². The molecule has 1 atom stereocenters. The van der Waals surface area contributed by atoms with Crippen LogP contribution < -0.4 is 10.1 Å². The summed E-state index contributed by atoms with van der Waals surface area (Å²) in [5, 5.41) is 2.84. The Hall–Kier alpha value is -2.64. The van der Waals surface area contributed by atoms with Gasteiger partial charge in [-0.3, -0.25) is 9.59 Å². The van der Waals surface area contributed by atoms with Crippen LogP contribution in [0.15, 0.2) is 24.3 Å². The molecule has 8 heteroatoms. The molecule has 6 nitrogen and oxygen atoms in total. The van der Waals surface area contributed by atoms with Gasteiger partial charge in [0.25, 0.3) is 11.8 Å². The largest absolute Gasteiger partial charge is 0.489 e. The van der Waals surface area contributed by atoms with Gasteiger partial charge in [0.1, 0.15) is 12.4 Å². The molecular weight excluding hydrogens is 421 g/mol. The minimum Gasteiger partial charge on any atom is -0.489 e. The number of nitrogens with zero attached hydrogens (tertiary/aromatic N) is 2. The van der Waals surface area contributed by atoms with E-state index in [0.29, 0.717) is 41.5 Å². The van der Waals surface area contributed by atoms with E-state index >= 15 is 0 Å². The number of carbonyl (C=O) groups excluding carboxylic acids is 2. The zero-order chi connectivity index (χ0) is 22.3. The van der Waals surface area contributed by atoms with Gasteiger partial charge in [0, 0.05) is 26.7 Å². The van der Waals surface area contributed by atoms with Crippen molar-refractivity contribution in [3.8, 4) is 5.75 Å². The van der Waals surface area contributed by atoms with E-state index in [1.165, 1.54) is 19.2 Å². The Morgan fingerprint density at radius 2 is 2.10 bits per heavy atom. The maximum atomic E-state index is 14.4. The van der Waals surface area contributed by atoms with Crippen molar-refractivity contribution in [3.05, 3.63) is 62.9 Å². The molecular formula is C23H25ClFN3O3. The Labute approximate surface area is 185 Å². The number of hydrogen-bond acceptors (Lipinski definition) is 4. The molecule has 0 spiro atoms. The molecule has 1 N–H and O–H groups in total. The van der Waals surface area contributed by atoms with Crippen LogP contribution in [0.1, 0.15) is 37.4 Å². The van der Waals surface area contributed by atoms with Crippen LogP contribution in [0.25, 0.3) is 0 Å². The molecule has 2 aromatic rings. The summed E-state index contributed by atoms with van der Waals surface area (Å²) in [7, 11) is 3.49. The quantitative estimate of drug-likeness (QED) is 0.789. The molecule has 0 bridgehead atoms. The Morgan fingerprint density at radius 3 is 2.81 bits per heavy atom. The molecule has 164 valence electrons. The first-order valence-electron chi connectivity index (χ1n) is 10.2. The van der Waals surface area contributed by atoms with Crippen LogP contribution >= 0.6 is 11.6 Å². The van der Waals surface area contributed by atoms with Crippen LogP contribution in [0, 0.1) is 12.7 Å². The predicted octanol–water partition coefficient (Wildman–Crippen LogP) is 2.89. The van der Waals surface area contributed by atoms with Gasteiger partial charge in [-0.2, -0.15) is 0 Å². The van der Waals surface area contributed by atoms with E-state index in [9.17, 15) is 14.0 Å². The van der Waals surface area contributed by atoms with Crippen molar-refractivity contribution < 1.29 is 18.7 Å². The van der Waals surface area contributed by atoms with Crippen LogP contribution in [0.5, 0.6) is 5.75 Å². The van der Waals surface area contributed by atoms with Crippen LogP contribution in [0.3, 0.4) is 0 Å². The number of fused-ring (bicyclic) bond motifs is 2. The third-order valence-electron chi connectivity index (χ3n) is 6.07. The molecule has 31 heavy (non-hydrogen) atoms. The zero-order valence-corrected chi connectivity index (χ0v) is 18.6. The van der Waals surface area contributed by atoms with E-state index in [0.717, 1.165) is 24.2 Å². The van der Waals surface area contributed by atoms with Crippen LogP contribution in [0.2, 0.25) is 5.02 Å². The number of likely N-dealkylation sites (N-methyl/N-ethyl adjacent to an activating group) is 1. The van der Waals surface area contributed by atoms with E-state index in [1.54, 1.807) is 6.07 Å². The fourth-order valence-corrected chi connectivity index (χ4v) is 4.50. The van der Waals surface area contributed by atoms with Gasteiger partial charge in [-0.05, 0) is 55.3 Å². The summed E-state index contributed by atoms with van der Waals surface area (Å²) >= 11 is 6.63. The average Bonchev–Trinajstić information content (AvgIpc) is 2.88. The van der Waals surface area contributed by atoms with Gasteiger partial charge in [-0.15, -0.1) is 0 Å². The summed E-state index contributed by atoms with van der Waals surface area (Å²) in [4.78, 5) is 29.1.